The monoisotopic (exact) mass is 316 g/mol. The molecule has 6 heteroatoms. The van der Waals surface area contributed by atoms with Crippen LogP contribution in [0.4, 0.5) is 0 Å². The Morgan fingerprint density at radius 3 is 2.24 bits per heavy atom. The molecule has 1 aliphatic rings. The molecule has 1 N–H and O–H groups in total. The predicted molar refractivity (Wildman–Crippen MR) is 86.1 cm³/mol. The average Bonchev–Trinajstić information content (AvgIpc) is 3.01. The third-order valence-corrected chi connectivity index (χ3v) is 3.86. The Kier molecular flexibility index (Phi) is 7.08. The molecule has 0 spiro atoms. The SMILES string of the molecule is COc1cc(OC)c(OC)cc1CN(C)C1CCNC1.Cl. The van der Waals surface area contributed by atoms with E-state index >= 15 is 0 Å². The molecule has 5 nitrogen and oxygen atoms in total. The number of nitrogens with one attached hydrogen (secondary N) is 1. The number of nitrogens with zero attached hydrogens (tertiary/aromatic N) is 1. The lowest BCUT2D eigenvalue weighted by molar-refractivity contribution is 0.244. The van der Waals surface area contributed by atoms with Crippen LogP contribution in [0.5, 0.6) is 17.2 Å². The van der Waals surface area contributed by atoms with Gasteiger partial charge in [-0.05, 0) is 26.1 Å². The second kappa shape index (κ2) is 8.32. The first-order valence-electron chi connectivity index (χ1n) is 6.89. The molecule has 120 valence electrons. The van der Waals surface area contributed by atoms with Crippen molar-refractivity contribution >= 4 is 12.4 Å². The maximum Gasteiger partial charge on any atom is 0.164 e. The standard InChI is InChI=1S/C15H24N2O3.ClH/c1-17(12-5-6-16-9-12)10-11-7-14(19-3)15(20-4)8-13(11)18-2;/h7-8,12,16H,5-6,9-10H2,1-4H3;1H. The van der Waals surface area contributed by atoms with Crippen LogP contribution < -0.4 is 19.5 Å². The van der Waals surface area contributed by atoms with Crippen molar-refractivity contribution in [2.75, 3.05) is 41.5 Å². The Hall–Kier alpha value is -1.17. The lowest BCUT2D eigenvalue weighted by Gasteiger charge is -2.25. The first-order chi connectivity index (χ1) is 9.69. The minimum atomic E-state index is 0. The molecule has 0 radical (unpaired) electrons. The van der Waals surface area contributed by atoms with Gasteiger partial charge in [0.1, 0.15) is 5.75 Å². The van der Waals surface area contributed by atoms with Gasteiger partial charge in [-0.2, -0.15) is 0 Å². The van der Waals surface area contributed by atoms with Gasteiger partial charge in [-0.1, -0.05) is 0 Å². The molecule has 1 aliphatic heterocycles. The van der Waals surface area contributed by atoms with Crippen molar-refractivity contribution in [1.29, 1.82) is 0 Å². The smallest absolute Gasteiger partial charge is 0.164 e. The lowest BCUT2D eigenvalue weighted by Crippen LogP contribution is -2.32. The third-order valence-electron chi connectivity index (χ3n) is 3.86. The van der Waals surface area contributed by atoms with Gasteiger partial charge in [-0.3, -0.25) is 4.90 Å². The van der Waals surface area contributed by atoms with Crippen LogP contribution in [0.2, 0.25) is 0 Å². The maximum absolute atomic E-state index is 5.47. The second-order valence-corrected chi connectivity index (χ2v) is 5.08. The molecular weight excluding hydrogens is 292 g/mol. The first kappa shape index (κ1) is 17.9. The molecule has 0 bridgehead atoms. The fourth-order valence-corrected chi connectivity index (χ4v) is 2.63. The van der Waals surface area contributed by atoms with Gasteiger partial charge in [0.2, 0.25) is 0 Å². The van der Waals surface area contributed by atoms with Gasteiger partial charge in [0, 0.05) is 30.8 Å². The highest BCUT2D eigenvalue weighted by Crippen LogP contribution is 2.35. The van der Waals surface area contributed by atoms with E-state index in [0.29, 0.717) is 11.8 Å². The van der Waals surface area contributed by atoms with Crippen molar-refractivity contribution in [2.24, 2.45) is 0 Å². The summed E-state index contributed by atoms with van der Waals surface area (Å²) in [4.78, 5) is 2.35. The van der Waals surface area contributed by atoms with Gasteiger partial charge in [0.15, 0.2) is 11.5 Å². The van der Waals surface area contributed by atoms with E-state index in [-0.39, 0.29) is 12.4 Å². The van der Waals surface area contributed by atoms with Crippen LogP contribution in [0, 0.1) is 0 Å². The zero-order chi connectivity index (χ0) is 14.5. The number of rotatable bonds is 6. The molecule has 0 aliphatic carbocycles. The number of ether oxygens (including phenoxy) is 3. The van der Waals surface area contributed by atoms with Crippen molar-refractivity contribution in [2.45, 2.75) is 19.0 Å². The maximum atomic E-state index is 5.47. The molecule has 21 heavy (non-hydrogen) atoms. The molecule has 1 aromatic carbocycles. The zero-order valence-corrected chi connectivity index (χ0v) is 14.0. The van der Waals surface area contributed by atoms with Gasteiger partial charge in [-0.15, -0.1) is 12.4 Å². The van der Waals surface area contributed by atoms with Gasteiger partial charge in [-0.25, -0.2) is 0 Å². The van der Waals surface area contributed by atoms with E-state index < -0.39 is 0 Å². The summed E-state index contributed by atoms with van der Waals surface area (Å²) in [6.45, 7) is 2.97. The van der Waals surface area contributed by atoms with Gasteiger partial charge in [0.25, 0.3) is 0 Å². The summed E-state index contributed by atoms with van der Waals surface area (Å²) in [5.41, 5.74) is 1.11. The van der Waals surface area contributed by atoms with E-state index in [9.17, 15) is 0 Å². The second-order valence-electron chi connectivity index (χ2n) is 5.08. The summed E-state index contributed by atoms with van der Waals surface area (Å²) in [6, 6.07) is 4.46. The zero-order valence-electron chi connectivity index (χ0n) is 13.1. The summed E-state index contributed by atoms with van der Waals surface area (Å²) < 4.78 is 16.2. The average molecular weight is 317 g/mol. The number of halogens is 1. The highest BCUT2D eigenvalue weighted by molar-refractivity contribution is 5.85. The molecule has 0 amide bonds. The summed E-state index contributed by atoms with van der Waals surface area (Å²) in [5, 5.41) is 3.39. The molecule has 1 atom stereocenters. The summed E-state index contributed by atoms with van der Waals surface area (Å²) >= 11 is 0. The fraction of sp³-hybridized carbons (Fsp3) is 0.600. The number of hydrogen-bond donors (Lipinski definition) is 1. The van der Waals surface area contributed by atoms with Crippen molar-refractivity contribution in [1.82, 2.24) is 10.2 Å². The number of benzene rings is 1. The van der Waals surface area contributed by atoms with Crippen LogP contribution in [0.15, 0.2) is 12.1 Å². The van der Waals surface area contributed by atoms with E-state index in [0.717, 1.165) is 36.7 Å². The fourth-order valence-electron chi connectivity index (χ4n) is 2.63. The molecule has 1 aromatic rings. The van der Waals surface area contributed by atoms with Crippen LogP contribution in [0.3, 0.4) is 0 Å². The van der Waals surface area contributed by atoms with Gasteiger partial charge >= 0.3 is 0 Å². The van der Waals surface area contributed by atoms with E-state index in [2.05, 4.69) is 17.3 Å². The summed E-state index contributed by atoms with van der Waals surface area (Å²) in [6.07, 6.45) is 1.19. The normalized spacial score (nSPS) is 17.5. The van der Waals surface area contributed by atoms with Crippen LogP contribution in [0.1, 0.15) is 12.0 Å². The topological polar surface area (TPSA) is 43.0 Å². The Labute approximate surface area is 133 Å². The Bertz CT molecular complexity index is 451. The Balaban J connectivity index is 0.00000220. The van der Waals surface area contributed by atoms with Gasteiger partial charge in [0.05, 0.1) is 21.3 Å². The molecule has 0 saturated carbocycles. The summed E-state index contributed by atoms with van der Waals surface area (Å²) in [7, 11) is 7.11. The van der Waals surface area contributed by atoms with Crippen LogP contribution >= 0.6 is 12.4 Å². The van der Waals surface area contributed by atoms with Crippen molar-refractivity contribution in [3.8, 4) is 17.2 Å². The molecule has 2 rings (SSSR count). The Morgan fingerprint density at radius 1 is 1.10 bits per heavy atom. The van der Waals surface area contributed by atoms with E-state index in [1.165, 1.54) is 6.42 Å². The highest BCUT2D eigenvalue weighted by atomic mass is 35.5. The molecule has 1 unspecified atom stereocenters. The van der Waals surface area contributed by atoms with Crippen LogP contribution in [-0.4, -0.2) is 52.4 Å². The number of methoxy groups -OCH3 is 3. The molecule has 1 heterocycles. The van der Waals surface area contributed by atoms with Crippen molar-refractivity contribution in [3.05, 3.63) is 17.7 Å². The van der Waals surface area contributed by atoms with Crippen LogP contribution in [0.25, 0.3) is 0 Å². The van der Waals surface area contributed by atoms with E-state index in [4.69, 9.17) is 14.2 Å². The quantitative estimate of drug-likeness (QED) is 0.868. The minimum Gasteiger partial charge on any atom is -0.496 e. The Morgan fingerprint density at radius 2 is 1.71 bits per heavy atom. The number of hydrogen-bond acceptors (Lipinski definition) is 5. The third kappa shape index (κ3) is 4.15. The largest absolute Gasteiger partial charge is 0.496 e. The van der Waals surface area contributed by atoms with Crippen molar-refractivity contribution < 1.29 is 14.2 Å². The molecular formula is C15H25ClN2O3. The summed E-state index contributed by atoms with van der Waals surface area (Å²) in [5.74, 6) is 2.26. The van der Waals surface area contributed by atoms with E-state index in [1.807, 2.05) is 12.1 Å². The lowest BCUT2D eigenvalue weighted by atomic mass is 10.1. The molecule has 0 aromatic heterocycles. The minimum absolute atomic E-state index is 0. The highest BCUT2D eigenvalue weighted by Gasteiger charge is 2.21. The van der Waals surface area contributed by atoms with Crippen LogP contribution in [-0.2, 0) is 6.54 Å². The van der Waals surface area contributed by atoms with Gasteiger partial charge < -0.3 is 19.5 Å². The van der Waals surface area contributed by atoms with E-state index in [1.54, 1.807) is 21.3 Å². The number of likely N-dealkylation sites (N-methyl/N-ethyl adjacent to an activating group) is 1. The molecule has 1 saturated heterocycles. The predicted octanol–water partition coefficient (Wildman–Crippen LogP) is 1.93. The first-order valence-corrected chi connectivity index (χ1v) is 6.89. The molecule has 1 fully saturated rings. The van der Waals surface area contributed by atoms with Crippen molar-refractivity contribution in [3.63, 3.8) is 0 Å².